The van der Waals surface area contributed by atoms with Gasteiger partial charge in [-0.3, -0.25) is 4.79 Å². The molecule has 4 heteroatoms. The number of rotatable bonds is 3. The Hall–Kier alpha value is -2.88. The quantitative estimate of drug-likeness (QED) is 0.591. The summed E-state index contributed by atoms with van der Waals surface area (Å²) in [6.45, 7) is 0. The molecule has 0 amide bonds. The Kier molecular flexibility index (Phi) is 3.28. The van der Waals surface area contributed by atoms with Crippen molar-refractivity contribution in [3.05, 3.63) is 71.4 Å². The third kappa shape index (κ3) is 2.31. The van der Waals surface area contributed by atoms with Crippen molar-refractivity contribution in [1.82, 2.24) is 4.98 Å². The summed E-state index contributed by atoms with van der Waals surface area (Å²) in [6.07, 6.45) is 1.59. The highest BCUT2D eigenvalue weighted by Gasteiger charge is 2.15. The van der Waals surface area contributed by atoms with E-state index in [0.29, 0.717) is 22.1 Å². The first kappa shape index (κ1) is 13.1. The van der Waals surface area contributed by atoms with Crippen LogP contribution in [0.25, 0.3) is 10.9 Å². The Morgan fingerprint density at radius 3 is 2.48 bits per heavy atom. The maximum absolute atomic E-state index is 12.4. The number of aromatic amines is 1. The summed E-state index contributed by atoms with van der Waals surface area (Å²) in [7, 11) is 1.33. The SMILES string of the molecule is COC(=O)c1c[nH]c2ccc(C(=O)c3ccccc3)cc12. The molecule has 1 aromatic heterocycles. The highest BCUT2D eigenvalue weighted by Crippen LogP contribution is 2.22. The predicted octanol–water partition coefficient (Wildman–Crippen LogP) is 3.19. The maximum Gasteiger partial charge on any atom is 0.340 e. The van der Waals surface area contributed by atoms with Crippen molar-refractivity contribution < 1.29 is 14.3 Å². The highest BCUT2D eigenvalue weighted by atomic mass is 16.5. The monoisotopic (exact) mass is 279 g/mol. The van der Waals surface area contributed by atoms with Crippen LogP contribution in [-0.4, -0.2) is 23.8 Å². The molecule has 3 aromatic rings. The van der Waals surface area contributed by atoms with Gasteiger partial charge in [-0.15, -0.1) is 0 Å². The van der Waals surface area contributed by atoms with Gasteiger partial charge in [0.1, 0.15) is 0 Å². The van der Waals surface area contributed by atoms with E-state index in [1.54, 1.807) is 36.5 Å². The number of benzene rings is 2. The minimum Gasteiger partial charge on any atom is -0.465 e. The zero-order valence-corrected chi connectivity index (χ0v) is 11.4. The van der Waals surface area contributed by atoms with Crippen LogP contribution in [0.3, 0.4) is 0 Å². The Labute approximate surface area is 121 Å². The minimum absolute atomic E-state index is 0.0745. The van der Waals surface area contributed by atoms with Gasteiger partial charge in [-0.2, -0.15) is 0 Å². The average molecular weight is 279 g/mol. The summed E-state index contributed by atoms with van der Waals surface area (Å²) in [5, 5.41) is 0.684. The third-order valence-electron chi connectivity index (χ3n) is 3.39. The number of aromatic nitrogens is 1. The molecule has 0 atom stereocenters. The normalized spacial score (nSPS) is 10.5. The maximum atomic E-state index is 12.4. The molecule has 21 heavy (non-hydrogen) atoms. The molecule has 0 bridgehead atoms. The Bertz CT molecular complexity index is 818. The number of H-pyrrole nitrogens is 1. The highest BCUT2D eigenvalue weighted by molar-refractivity contribution is 6.12. The second-order valence-electron chi connectivity index (χ2n) is 4.65. The van der Waals surface area contributed by atoms with E-state index >= 15 is 0 Å². The molecule has 1 heterocycles. The lowest BCUT2D eigenvalue weighted by atomic mass is 10.0. The van der Waals surface area contributed by atoms with Crippen molar-refractivity contribution in [2.75, 3.05) is 7.11 Å². The number of esters is 1. The second-order valence-corrected chi connectivity index (χ2v) is 4.65. The molecule has 0 aliphatic carbocycles. The van der Waals surface area contributed by atoms with Gasteiger partial charge in [-0.05, 0) is 18.2 Å². The molecule has 0 fully saturated rings. The van der Waals surface area contributed by atoms with Crippen LogP contribution in [0, 0.1) is 0 Å². The van der Waals surface area contributed by atoms with Crippen molar-refractivity contribution in [2.45, 2.75) is 0 Å². The van der Waals surface area contributed by atoms with Crippen LogP contribution in [0.2, 0.25) is 0 Å². The summed E-state index contributed by atoms with van der Waals surface area (Å²) >= 11 is 0. The zero-order chi connectivity index (χ0) is 14.8. The number of hydrogen-bond acceptors (Lipinski definition) is 3. The van der Waals surface area contributed by atoms with Gasteiger partial charge >= 0.3 is 5.97 Å². The smallest absolute Gasteiger partial charge is 0.340 e. The van der Waals surface area contributed by atoms with Gasteiger partial charge in [0, 0.05) is 28.2 Å². The molecule has 104 valence electrons. The number of carbonyl (C=O) groups excluding carboxylic acids is 2. The fourth-order valence-corrected chi connectivity index (χ4v) is 2.30. The van der Waals surface area contributed by atoms with Crippen molar-refractivity contribution in [1.29, 1.82) is 0 Å². The van der Waals surface area contributed by atoms with Crippen molar-refractivity contribution in [2.24, 2.45) is 0 Å². The van der Waals surface area contributed by atoms with E-state index in [1.807, 2.05) is 18.2 Å². The van der Waals surface area contributed by atoms with E-state index in [1.165, 1.54) is 7.11 Å². The molecular formula is C17H13NO3. The summed E-state index contributed by atoms with van der Waals surface area (Å²) in [5.74, 6) is -0.500. The molecule has 0 aliphatic rings. The summed E-state index contributed by atoms with van der Waals surface area (Å²) in [6, 6.07) is 14.3. The standard InChI is InChI=1S/C17H13NO3/c1-21-17(20)14-10-18-15-8-7-12(9-13(14)15)16(19)11-5-3-2-4-6-11/h2-10,18H,1H3. The van der Waals surface area contributed by atoms with E-state index in [0.717, 1.165) is 5.52 Å². The van der Waals surface area contributed by atoms with E-state index in [4.69, 9.17) is 4.74 Å². The van der Waals surface area contributed by atoms with Crippen LogP contribution < -0.4 is 0 Å². The lowest BCUT2D eigenvalue weighted by Gasteiger charge is -2.02. The molecule has 0 saturated heterocycles. The van der Waals surface area contributed by atoms with Gasteiger partial charge in [0.05, 0.1) is 12.7 Å². The van der Waals surface area contributed by atoms with Crippen LogP contribution in [0.5, 0.6) is 0 Å². The van der Waals surface area contributed by atoms with E-state index in [-0.39, 0.29) is 5.78 Å². The molecular weight excluding hydrogens is 266 g/mol. The summed E-state index contributed by atoms with van der Waals surface area (Å²) in [5.41, 5.74) is 2.38. The number of carbonyl (C=O) groups is 2. The minimum atomic E-state index is -0.425. The first-order valence-corrected chi connectivity index (χ1v) is 6.50. The van der Waals surface area contributed by atoms with Gasteiger partial charge in [-0.1, -0.05) is 30.3 Å². The average Bonchev–Trinajstić information content (AvgIpc) is 2.97. The molecule has 0 spiro atoms. The van der Waals surface area contributed by atoms with Gasteiger partial charge < -0.3 is 9.72 Å². The Morgan fingerprint density at radius 2 is 1.76 bits per heavy atom. The largest absolute Gasteiger partial charge is 0.465 e. The fraction of sp³-hybridized carbons (Fsp3) is 0.0588. The number of ether oxygens (including phenoxy) is 1. The fourth-order valence-electron chi connectivity index (χ4n) is 2.30. The third-order valence-corrected chi connectivity index (χ3v) is 3.39. The van der Waals surface area contributed by atoms with Crippen molar-refractivity contribution in [3.63, 3.8) is 0 Å². The van der Waals surface area contributed by atoms with Gasteiger partial charge in [0.25, 0.3) is 0 Å². The number of ketones is 1. The molecule has 0 aliphatic heterocycles. The number of nitrogens with one attached hydrogen (secondary N) is 1. The first-order chi connectivity index (χ1) is 10.2. The van der Waals surface area contributed by atoms with Crippen LogP contribution in [0.4, 0.5) is 0 Å². The molecule has 0 unspecified atom stereocenters. The molecule has 1 N–H and O–H groups in total. The van der Waals surface area contributed by atoms with Crippen LogP contribution in [0.1, 0.15) is 26.3 Å². The zero-order valence-electron chi connectivity index (χ0n) is 11.4. The summed E-state index contributed by atoms with van der Waals surface area (Å²) < 4.78 is 4.74. The first-order valence-electron chi connectivity index (χ1n) is 6.50. The number of methoxy groups -OCH3 is 1. The van der Waals surface area contributed by atoms with Crippen molar-refractivity contribution >= 4 is 22.7 Å². The summed E-state index contributed by atoms with van der Waals surface area (Å²) in [4.78, 5) is 27.1. The second kappa shape index (κ2) is 5.25. The Balaban J connectivity index is 2.08. The van der Waals surface area contributed by atoms with Crippen LogP contribution >= 0.6 is 0 Å². The van der Waals surface area contributed by atoms with Crippen LogP contribution in [-0.2, 0) is 4.74 Å². The van der Waals surface area contributed by atoms with E-state index < -0.39 is 5.97 Å². The van der Waals surface area contributed by atoms with E-state index in [9.17, 15) is 9.59 Å². The lowest BCUT2D eigenvalue weighted by Crippen LogP contribution is -2.02. The van der Waals surface area contributed by atoms with Gasteiger partial charge in [-0.25, -0.2) is 4.79 Å². The van der Waals surface area contributed by atoms with Crippen molar-refractivity contribution in [3.8, 4) is 0 Å². The Morgan fingerprint density at radius 1 is 1.00 bits per heavy atom. The molecule has 3 rings (SSSR count). The molecule has 0 radical (unpaired) electrons. The molecule has 0 saturated carbocycles. The number of fused-ring (bicyclic) bond motifs is 1. The van der Waals surface area contributed by atoms with Gasteiger partial charge in [0.15, 0.2) is 5.78 Å². The molecule has 4 nitrogen and oxygen atoms in total. The van der Waals surface area contributed by atoms with Crippen LogP contribution in [0.15, 0.2) is 54.7 Å². The molecule has 2 aromatic carbocycles. The predicted molar refractivity (Wildman–Crippen MR) is 79.5 cm³/mol. The van der Waals surface area contributed by atoms with E-state index in [2.05, 4.69) is 4.98 Å². The topological polar surface area (TPSA) is 59.2 Å². The van der Waals surface area contributed by atoms with Gasteiger partial charge in [0.2, 0.25) is 0 Å². The number of hydrogen-bond donors (Lipinski definition) is 1. The lowest BCUT2D eigenvalue weighted by molar-refractivity contribution is 0.0603.